The van der Waals surface area contributed by atoms with Crippen molar-refractivity contribution >= 4 is 5.91 Å². The molecule has 2 fully saturated rings. The highest BCUT2D eigenvalue weighted by atomic mass is 19.1. The molecule has 4 aliphatic rings. The largest absolute Gasteiger partial charge is 0.488 e. The van der Waals surface area contributed by atoms with Crippen LogP contribution in [0.2, 0.25) is 0 Å². The Labute approximate surface area is 199 Å². The van der Waals surface area contributed by atoms with Crippen molar-refractivity contribution in [2.75, 3.05) is 33.6 Å². The van der Waals surface area contributed by atoms with Crippen LogP contribution in [-0.4, -0.2) is 61.1 Å². The Morgan fingerprint density at radius 1 is 1.32 bits per heavy atom. The summed E-state index contributed by atoms with van der Waals surface area (Å²) in [6.45, 7) is 3.42. The molecule has 34 heavy (non-hydrogen) atoms. The van der Waals surface area contributed by atoms with Gasteiger partial charge in [0.1, 0.15) is 30.0 Å². The second-order valence-corrected chi connectivity index (χ2v) is 9.45. The third-order valence-electron chi connectivity index (χ3n) is 7.52. The number of piperidine rings is 1. The first-order valence-electron chi connectivity index (χ1n) is 11.9. The van der Waals surface area contributed by atoms with E-state index in [0.717, 1.165) is 12.8 Å². The molecule has 4 unspecified atom stereocenters. The van der Waals surface area contributed by atoms with Gasteiger partial charge in [-0.05, 0) is 43.4 Å². The first-order valence-corrected chi connectivity index (χ1v) is 11.9. The highest BCUT2D eigenvalue weighted by molar-refractivity contribution is 5.92. The molecule has 4 atom stereocenters. The fourth-order valence-electron chi connectivity index (χ4n) is 5.49. The lowest BCUT2D eigenvalue weighted by Crippen LogP contribution is -2.59. The van der Waals surface area contributed by atoms with Gasteiger partial charge in [-0.25, -0.2) is 9.37 Å². The number of aromatic nitrogens is 1. The lowest BCUT2D eigenvalue weighted by atomic mass is 9.70. The third-order valence-corrected chi connectivity index (χ3v) is 7.52. The van der Waals surface area contributed by atoms with Crippen molar-refractivity contribution in [3.8, 4) is 11.6 Å². The zero-order valence-electron chi connectivity index (χ0n) is 19.6. The smallest absolute Gasteiger partial charge is 0.272 e. The molecule has 2 saturated heterocycles. The van der Waals surface area contributed by atoms with Crippen LogP contribution in [0.3, 0.4) is 0 Å². The van der Waals surface area contributed by atoms with E-state index in [2.05, 4.69) is 17.1 Å². The van der Waals surface area contributed by atoms with Gasteiger partial charge >= 0.3 is 0 Å². The molecule has 0 bridgehead atoms. The molecule has 3 heterocycles. The molecule has 0 spiro atoms. The molecule has 0 aromatic carbocycles. The highest BCUT2D eigenvalue weighted by Gasteiger charge is 2.56. The maximum atomic E-state index is 14.3. The standard InChI is InChI=1S/C26H31FN2O5/c1-17-19(8-5-9-20(17)27)26-12-13-29(14-23(26)33-16-34-26)25(30)21-10-11-22(24(28-21)31-2)32-15-18-6-3-4-7-18/h3-5,8-11,17-19,23H,6-7,12-16H2,1-2H3. The van der Waals surface area contributed by atoms with Gasteiger partial charge in [-0.15, -0.1) is 0 Å². The second-order valence-electron chi connectivity index (χ2n) is 9.45. The molecule has 1 aromatic rings. The quantitative estimate of drug-likeness (QED) is 0.584. The number of likely N-dealkylation sites (tertiary alicyclic amines) is 1. The van der Waals surface area contributed by atoms with E-state index in [-0.39, 0.29) is 42.2 Å². The summed E-state index contributed by atoms with van der Waals surface area (Å²) in [5.74, 6) is 0.488. The van der Waals surface area contributed by atoms with Crippen LogP contribution >= 0.6 is 0 Å². The van der Waals surface area contributed by atoms with Crippen LogP contribution in [0.1, 0.15) is 36.7 Å². The van der Waals surface area contributed by atoms with Gasteiger partial charge < -0.3 is 23.8 Å². The van der Waals surface area contributed by atoms with Crippen LogP contribution < -0.4 is 9.47 Å². The van der Waals surface area contributed by atoms with Crippen LogP contribution in [0.4, 0.5) is 4.39 Å². The van der Waals surface area contributed by atoms with Crippen molar-refractivity contribution in [1.29, 1.82) is 0 Å². The number of hydrogen-bond acceptors (Lipinski definition) is 6. The molecule has 0 saturated carbocycles. The normalized spacial score (nSPS) is 30.9. The SMILES string of the molecule is COc1nc(C(=O)N2CCC3(C4C=CC=C(F)C4C)OCOC3C2)ccc1OCC1CC=CC1. The summed E-state index contributed by atoms with van der Waals surface area (Å²) in [6, 6.07) is 3.42. The van der Waals surface area contributed by atoms with Gasteiger partial charge in [-0.3, -0.25) is 4.79 Å². The van der Waals surface area contributed by atoms with Crippen molar-refractivity contribution in [3.63, 3.8) is 0 Å². The minimum absolute atomic E-state index is 0.143. The number of ether oxygens (including phenoxy) is 4. The summed E-state index contributed by atoms with van der Waals surface area (Å²) in [4.78, 5) is 19.5. The molecule has 1 aromatic heterocycles. The third kappa shape index (κ3) is 4.14. The monoisotopic (exact) mass is 470 g/mol. The van der Waals surface area contributed by atoms with Gasteiger partial charge in [0.15, 0.2) is 5.75 Å². The number of carbonyl (C=O) groups is 1. The lowest BCUT2D eigenvalue weighted by molar-refractivity contribution is -0.0797. The number of rotatable bonds is 6. The van der Waals surface area contributed by atoms with Crippen LogP contribution in [0, 0.1) is 17.8 Å². The van der Waals surface area contributed by atoms with E-state index in [1.807, 2.05) is 13.0 Å². The number of fused-ring (bicyclic) bond motifs is 1. The average Bonchev–Trinajstić information content (AvgIpc) is 3.53. The van der Waals surface area contributed by atoms with E-state index in [1.165, 1.54) is 13.2 Å². The minimum Gasteiger partial charge on any atom is -0.488 e. The van der Waals surface area contributed by atoms with Gasteiger partial charge in [0.25, 0.3) is 11.8 Å². The molecule has 2 aliphatic heterocycles. The Morgan fingerprint density at radius 2 is 2.15 bits per heavy atom. The number of halogens is 1. The summed E-state index contributed by atoms with van der Waals surface area (Å²) in [5.41, 5.74) is -0.353. The zero-order chi connectivity index (χ0) is 23.7. The summed E-state index contributed by atoms with van der Waals surface area (Å²) < 4.78 is 37.6. The Balaban J connectivity index is 1.28. The predicted molar refractivity (Wildman–Crippen MR) is 123 cm³/mol. The molecular formula is C26H31FN2O5. The molecule has 5 rings (SSSR count). The number of carbonyl (C=O) groups excluding carboxylic acids is 1. The van der Waals surface area contributed by atoms with Crippen molar-refractivity contribution in [1.82, 2.24) is 9.88 Å². The van der Waals surface area contributed by atoms with Crippen LogP contribution in [-0.2, 0) is 9.47 Å². The first kappa shape index (κ1) is 23.1. The van der Waals surface area contributed by atoms with E-state index in [4.69, 9.17) is 18.9 Å². The fraction of sp³-hybridized carbons (Fsp3) is 0.538. The molecule has 0 N–H and O–H groups in total. The molecule has 8 heteroatoms. The van der Waals surface area contributed by atoms with Gasteiger partial charge in [0, 0.05) is 18.4 Å². The van der Waals surface area contributed by atoms with Crippen LogP contribution in [0.5, 0.6) is 11.6 Å². The van der Waals surface area contributed by atoms with Crippen molar-refractivity contribution in [2.45, 2.75) is 37.9 Å². The minimum atomic E-state index is -0.643. The van der Waals surface area contributed by atoms with Crippen LogP contribution in [0.25, 0.3) is 0 Å². The second kappa shape index (κ2) is 9.50. The Bertz CT molecular complexity index is 1020. The topological polar surface area (TPSA) is 70.1 Å². The number of allylic oxidation sites excluding steroid dienone is 5. The average molecular weight is 471 g/mol. The van der Waals surface area contributed by atoms with E-state index in [9.17, 15) is 9.18 Å². The number of methoxy groups -OCH3 is 1. The zero-order valence-corrected chi connectivity index (χ0v) is 19.6. The van der Waals surface area contributed by atoms with E-state index >= 15 is 0 Å². The Morgan fingerprint density at radius 3 is 2.94 bits per heavy atom. The number of hydrogen-bond donors (Lipinski definition) is 0. The molecule has 1 amide bonds. The van der Waals surface area contributed by atoms with Gasteiger partial charge in [-0.2, -0.15) is 0 Å². The maximum absolute atomic E-state index is 14.3. The van der Waals surface area contributed by atoms with Crippen molar-refractivity contribution in [3.05, 3.63) is 54.0 Å². The first-order chi connectivity index (χ1) is 16.5. The Hall–Kier alpha value is -2.71. The molecular weight excluding hydrogens is 439 g/mol. The molecule has 0 radical (unpaired) electrons. The number of pyridine rings is 1. The Kier molecular flexibility index (Phi) is 6.44. The van der Waals surface area contributed by atoms with E-state index in [0.29, 0.717) is 43.7 Å². The van der Waals surface area contributed by atoms with Crippen molar-refractivity contribution in [2.24, 2.45) is 17.8 Å². The van der Waals surface area contributed by atoms with Gasteiger partial charge in [0.2, 0.25) is 0 Å². The van der Waals surface area contributed by atoms with Gasteiger partial charge in [0.05, 0.1) is 20.3 Å². The molecule has 182 valence electrons. The molecule has 7 nitrogen and oxygen atoms in total. The summed E-state index contributed by atoms with van der Waals surface area (Å²) in [6.07, 6.45) is 11.8. The number of nitrogens with zero attached hydrogens (tertiary/aromatic N) is 2. The van der Waals surface area contributed by atoms with E-state index < -0.39 is 5.60 Å². The van der Waals surface area contributed by atoms with Crippen molar-refractivity contribution < 1.29 is 28.1 Å². The summed E-state index contributed by atoms with van der Waals surface area (Å²) in [7, 11) is 1.52. The van der Waals surface area contributed by atoms with Crippen LogP contribution in [0.15, 0.2) is 48.3 Å². The fourth-order valence-corrected chi connectivity index (χ4v) is 5.49. The van der Waals surface area contributed by atoms with E-state index in [1.54, 1.807) is 23.1 Å². The summed E-state index contributed by atoms with van der Waals surface area (Å²) >= 11 is 0. The summed E-state index contributed by atoms with van der Waals surface area (Å²) in [5, 5.41) is 0. The lowest BCUT2D eigenvalue weighted by Gasteiger charge is -2.47. The maximum Gasteiger partial charge on any atom is 0.272 e. The molecule has 2 aliphatic carbocycles. The number of amides is 1. The van der Waals surface area contributed by atoms with Gasteiger partial charge in [-0.1, -0.05) is 31.2 Å². The predicted octanol–water partition coefficient (Wildman–Crippen LogP) is 4.07. The highest BCUT2D eigenvalue weighted by Crippen LogP contribution is 2.46.